The highest BCUT2D eigenvalue weighted by Gasteiger charge is 2.19. The molecule has 6 nitrogen and oxygen atoms in total. The molecular weight excluding hydrogens is 757 g/mol. The molecule has 1 atom stereocenters. The molecule has 0 aliphatic heterocycles. The molecule has 0 radical (unpaired) electrons. The first-order valence-corrected chi connectivity index (χ1v) is 26.5. The van der Waals surface area contributed by atoms with E-state index in [0.717, 1.165) is 70.6 Å². The fraction of sp³-hybridized carbons (Fsp3) is 0.836. The predicted molar refractivity (Wildman–Crippen MR) is 261 cm³/mol. The average Bonchev–Trinajstić information content (AvgIpc) is 3.26. The van der Waals surface area contributed by atoms with E-state index < -0.39 is 6.10 Å². The molecule has 1 unspecified atom stereocenters. The van der Waals surface area contributed by atoms with Gasteiger partial charge in [-0.15, -0.1) is 0 Å². The highest BCUT2D eigenvalue weighted by Crippen LogP contribution is 2.15. The van der Waals surface area contributed by atoms with Crippen molar-refractivity contribution in [2.75, 3.05) is 13.2 Å². The highest BCUT2D eigenvalue weighted by molar-refractivity contribution is 5.71. The van der Waals surface area contributed by atoms with Gasteiger partial charge in [0.2, 0.25) is 0 Å². The molecule has 0 bridgehead atoms. The SMILES string of the molecule is CCCCCCC/C=C\C/C=C\CCCCCCCCCCCC(=O)OCC(COC(=O)CCCCCCCCC)OC(=O)CCCCCCC/C=C\CCCCCCCC. The van der Waals surface area contributed by atoms with Gasteiger partial charge < -0.3 is 14.2 Å². The van der Waals surface area contributed by atoms with Crippen molar-refractivity contribution >= 4 is 17.9 Å². The van der Waals surface area contributed by atoms with Gasteiger partial charge >= 0.3 is 17.9 Å². The molecule has 0 aromatic heterocycles. The van der Waals surface area contributed by atoms with Crippen molar-refractivity contribution < 1.29 is 28.6 Å². The molecule has 0 fully saturated rings. The molecule has 0 rings (SSSR count). The first kappa shape index (κ1) is 58.6. The van der Waals surface area contributed by atoms with Gasteiger partial charge in [-0.25, -0.2) is 0 Å². The van der Waals surface area contributed by atoms with Gasteiger partial charge in [0.05, 0.1) is 0 Å². The lowest BCUT2D eigenvalue weighted by Crippen LogP contribution is -2.30. The van der Waals surface area contributed by atoms with E-state index in [1.807, 2.05) is 0 Å². The number of unbranched alkanes of at least 4 members (excludes halogenated alkanes) is 31. The molecule has 0 aromatic rings. The normalized spacial score (nSPS) is 12.2. The van der Waals surface area contributed by atoms with Crippen molar-refractivity contribution in [3.8, 4) is 0 Å². The second-order valence-corrected chi connectivity index (χ2v) is 17.8. The van der Waals surface area contributed by atoms with Gasteiger partial charge in [0.25, 0.3) is 0 Å². The summed E-state index contributed by atoms with van der Waals surface area (Å²) in [6.45, 7) is 6.59. The number of hydrogen-bond acceptors (Lipinski definition) is 6. The summed E-state index contributed by atoms with van der Waals surface area (Å²) in [5.74, 6) is -0.885. The Labute approximate surface area is 378 Å². The van der Waals surface area contributed by atoms with Gasteiger partial charge in [0, 0.05) is 19.3 Å². The number of carbonyl (C=O) groups is 3. The van der Waals surface area contributed by atoms with Gasteiger partial charge in [0.15, 0.2) is 6.10 Å². The fourth-order valence-corrected chi connectivity index (χ4v) is 7.59. The first-order chi connectivity index (χ1) is 30.0. The summed E-state index contributed by atoms with van der Waals surface area (Å²) < 4.78 is 16.7. The lowest BCUT2D eigenvalue weighted by Gasteiger charge is -2.18. The van der Waals surface area contributed by atoms with Crippen molar-refractivity contribution in [2.24, 2.45) is 0 Å². The van der Waals surface area contributed by atoms with E-state index >= 15 is 0 Å². The van der Waals surface area contributed by atoms with Gasteiger partial charge in [-0.3, -0.25) is 14.4 Å². The van der Waals surface area contributed by atoms with Crippen LogP contribution >= 0.6 is 0 Å². The lowest BCUT2D eigenvalue weighted by molar-refractivity contribution is -0.167. The molecule has 0 N–H and O–H groups in total. The number of hydrogen-bond donors (Lipinski definition) is 0. The van der Waals surface area contributed by atoms with Crippen LogP contribution in [0.15, 0.2) is 36.5 Å². The van der Waals surface area contributed by atoms with Gasteiger partial charge in [-0.2, -0.15) is 0 Å². The Morgan fingerprint density at radius 1 is 0.328 bits per heavy atom. The fourth-order valence-electron chi connectivity index (χ4n) is 7.59. The maximum Gasteiger partial charge on any atom is 0.306 e. The molecule has 6 heteroatoms. The Bertz CT molecular complexity index is 1030. The highest BCUT2D eigenvalue weighted by atomic mass is 16.6. The molecule has 0 saturated heterocycles. The summed E-state index contributed by atoms with van der Waals surface area (Å²) in [7, 11) is 0. The number of esters is 3. The third-order valence-electron chi connectivity index (χ3n) is 11.6. The Kier molecular flexibility index (Phi) is 48.3. The maximum atomic E-state index is 12.8. The van der Waals surface area contributed by atoms with Crippen LogP contribution in [0.25, 0.3) is 0 Å². The number of rotatable bonds is 48. The zero-order valence-electron chi connectivity index (χ0n) is 40.7. The van der Waals surface area contributed by atoms with Crippen molar-refractivity contribution in [3.05, 3.63) is 36.5 Å². The summed E-state index contributed by atoms with van der Waals surface area (Å²) >= 11 is 0. The minimum absolute atomic E-state index is 0.0750. The monoisotopic (exact) mass is 857 g/mol. The van der Waals surface area contributed by atoms with Crippen LogP contribution in [0.2, 0.25) is 0 Å². The Morgan fingerprint density at radius 3 is 0.918 bits per heavy atom. The van der Waals surface area contributed by atoms with Crippen LogP contribution in [0.4, 0.5) is 0 Å². The molecular formula is C55H100O6. The van der Waals surface area contributed by atoms with Crippen molar-refractivity contribution in [2.45, 2.75) is 284 Å². The molecule has 0 aromatic carbocycles. The zero-order valence-corrected chi connectivity index (χ0v) is 40.7. The summed E-state index contributed by atoms with van der Waals surface area (Å²) in [5, 5.41) is 0. The second kappa shape index (κ2) is 50.3. The molecule has 356 valence electrons. The summed E-state index contributed by atoms with van der Waals surface area (Å²) in [5.41, 5.74) is 0. The van der Waals surface area contributed by atoms with E-state index in [9.17, 15) is 14.4 Å². The Morgan fingerprint density at radius 2 is 0.590 bits per heavy atom. The van der Waals surface area contributed by atoms with Crippen LogP contribution in [0.5, 0.6) is 0 Å². The first-order valence-electron chi connectivity index (χ1n) is 26.5. The molecule has 0 amide bonds. The number of carbonyl (C=O) groups excluding carboxylic acids is 3. The summed E-state index contributed by atoms with van der Waals surface area (Å²) in [4.78, 5) is 37.8. The van der Waals surface area contributed by atoms with E-state index in [-0.39, 0.29) is 31.1 Å². The molecule has 0 saturated carbocycles. The Balaban J connectivity index is 4.21. The largest absolute Gasteiger partial charge is 0.462 e. The van der Waals surface area contributed by atoms with Crippen LogP contribution in [0, 0.1) is 0 Å². The van der Waals surface area contributed by atoms with E-state index in [1.165, 1.54) is 167 Å². The lowest BCUT2D eigenvalue weighted by atomic mass is 10.1. The zero-order chi connectivity index (χ0) is 44.4. The Hall–Kier alpha value is -2.37. The number of allylic oxidation sites excluding steroid dienone is 6. The molecule has 0 heterocycles. The average molecular weight is 857 g/mol. The van der Waals surface area contributed by atoms with E-state index in [0.29, 0.717) is 19.3 Å². The molecule has 0 spiro atoms. The van der Waals surface area contributed by atoms with Crippen LogP contribution < -0.4 is 0 Å². The maximum absolute atomic E-state index is 12.8. The van der Waals surface area contributed by atoms with Crippen molar-refractivity contribution in [1.29, 1.82) is 0 Å². The minimum Gasteiger partial charge on any atom is -0.462 e. The number of ether oxygens (including phenoxy) is 3. The van der Waals surface area contributed by atoms with Crippen LogP contribution in [0.1, 0.15) is 278 Å². The van der Waals surface area contributed by atoms with E-state index in [1.54, 1.807) is 0 Å². The van der Waals surface area contributed by atoms with Crippen molar-refractivity contribution in [1.82, 2.24) is 0 Å². The van der Waals surface area contributed by atoms with E-state index in [4.69, 9.17) is 14.2 Å². The van der Waals surface area contributed by atoms with E-state index in [2.05, 4.69) is 57.2 Å². The molecule has 61 heavy (non-hydrogen) atoms. The third kappa shape index (κ3) is 48.5. The van der Waals surface area contributed by atoms with Crippen LogP contribution in [0.3, 0.4) is 0 Å². The second-order valence-electron chi connectivity index (χ2n) is 17.8. The van der Waals surface area contributed by atoms with Gasteiger partial charge in [0.1, 0.15) is 13.2 Å². The standard InChI is InChI=1S/C55H100O6/c1-4-7-10-13-16-18-20-22-24-25-26-27-28-29-31-32-34-36-39-42-45-48-54(57)60-51-52(50-59-53(56)47-44-41-38-15-12-9-6-3)61-55(58)49-46-43-40-37-35-33-30-23-21-19-17-14-11-8-5-2/h20,22-23,25-26,30,52H,4-19,21,24,27-29,31-51H2,1-3H3/b22-20-,26-25-,30-23-. The quantitative estimate of drug-likeness (QED) is 0.0262. The minimum atomic E-state index is -0.773. The van der Waals surface area contributed by atoms with Crippen LogP contribution in [-0.2, 0) is 28.6 Å². The molecule has 0 aliphatic carbocycles. The summed E-state index contributed by atoms with van der Waals surface area (Å²) in [6, 6.07) is 0. The topological polar surface area (TPSA) is 78.9 Å². The van der Waals surface area contributed by atoms with Gasteiger partial charge in [-0.1, -0.05) is 218 Å². The van der Waals surface area contributed by atoms with Gasteiger partial charge in [-0.05, 0) is 77.0 Å². The van der Waals surface area contributed by atoms with Crippen molar-refractivity contribution in [3.63, 3.8) is 0 Å². The molecule has 0 aliphatic rings. The predicted octanol–water partition coefficient (Wildman–Crippen LogP) is 17.3. The van der Waals surface area contributed by atoms with Crippen LogP contribution in [-0.4, -0.2) is 37.2 Å². The summed E-state index contributed by atoms with van der Waals surface area (Å²) in [6.07, 6.45) is 58.6. The smallest absolute Gasteiger partial charge is 0.306 e. The third-order valence-corrected chi connectivity index (χ3v) is 11.6.